The fraction of sp³-hybridized carbons (Fsp3) is 0.500. The van der Waals surface area contributed by atoms with E-state index in [1.165, 1.54) is 17.6 Å². The van der Waals surface area contributed by atoms with Gasteiger partial charge in [0, 0.05) is 13.5 Å². The minimum atomic E-state index is -1.31. The molecule has 1 fully saturated rings. The van der Waals surface area contributed by atoms with Gasteiger partial charge in [-0.25, -0.2) is 14.4 Å². The number of aliphatic imine (C=N–C) groups is 1. The average molecular weight is 309 g/mol. The van der Waals surface area contributed by atoms with Crippen molar-refractivity contribution in [3.8, 4) is 0 Å². The summed E-state index contributed by atoms with van der Waals surface area (Å²) in [7, 11) is 0. The van der Waals surface area contributed by atoms with E-state index in [9.17, 15) is 19.8 Å². The molecule has 8 nitrogen and oxygen atoms in total. The van der Waals surface area contributed by atoms with Crippen LogP contribution in [0, 0.1) is 0 Å². The topological polar surface area (TPSA) is 106 Å². The quantitative estimate of drug-likeness (QED) is 0.453. The third-order valence-corrected chi connectivity index (χ3v) is 3.67. The van der Waals surface area contributed by atoms with Crippen LogP contribution >= 0.6 is 0 Å². The van der Waals surface area contributed by atoms with E-state index >= 15 is 0 Å². The summed E-state index contributed by atoms with van der Waals surface area (Å²) in [6, 6.07) is 0. The number of nitrogens with zero attached hydrogens (tertiary/aromatic N) is 3. The second-order valence-corrected chi connectivity index (χ2v) is 5.15. The number of hydrogen-bond donors (Lipinski definition) is 2. The Labute approximate surface area is 127 Å². The molecule has 2 heterocycles. The van der Waals surface area contributed by atoms with E-state index in [0.717, 1.165) is 4.57 Å². The van der Waals surface area contributed by atoms with Crippen molar-refractivity contribution >= 4 is 18.3 Å². The van der Waals surface area contributed by atoms with Gasteiger partial charge < -0.3 is 14.9 Å². The maximum Gasteiger partial charge on any atom is 0.332 e. The fourth-order valence-electron chi connectivity index (χ4n) is 2.62. The van der Waals surface area contributed by atoms with Crippen LogP contribution in [0.15, 0.2) is 22.4 Å². The molecule has 1 aromatic heterocycles. The van der Waals surface area contributed by atoms with Crippen LogP contribution in [0.4, 0.5) is 5.82 Å². The summed E-state index contributed by atoms with van der Waals surface area (Å²) in [6.07, 6.45) is -2.78. The fourth-order valence-corrected chi connectivity index (χ4v) is 2.62. The molecule has 0 radical (unpaired) electrons. The van der Waals surface area contributed by atoms with Gasteiger partial charge in [-0.05, 0) is 13.6 Å². The second-order valence-electron chi connectivity index (χ2n) is 5.15. The van der Waals surface area contributed by atoms with Crippen molar-refractivity contribution in [2.75, 3.05) is 0 Å². The number of ketones is 1. The second kappa shape index (κ2) is 5.99. The van der Waals surface area contributed by atoms with Gasteiger partial charge in [0.15, 0.2) is 17.8 Å². The van der Waals surface area contributed by atoms with Crippen LogP contribution in [-0.4, -0.2) is 50.2 Å². The van der Waals surface area contributed by atoms with E-state index < -0.39 is 30.2 Å². The SMILES string of the molecule is C=CCn1c(C(C)=O)c(N=C)n([C@@H]2O[C@H](C)[C@@H](O)[C@H]2O)c1=O. The number of Topliss-reactive ketones (excluding diaryl/α,β-unsaturated/α-hetero) is 1. The van der Waals surface area contributed by atoms with Gasteiger partial charge in [0.1, 0.15) is 17.9 Å². The lowest BCUT2D eigenvalue weighted by Gasteiger charge is -2.16. The lowest BCUT2D eigenvalue weighted by molar-refractivity contribution is -0.0333. The van der Waals surface area contributed by atoms with Gasteiger partial charge in [-0.1, -0.05) is 6.08 Å². The van der Waals surface area contributed by atoms with Crippen LogP contribution < -0.4 is 5.69 Å². The number of ether oxygens (including phenoxy) is 1. The highest BCUT2D eigenvalue weighted by Gasteiger charge is 2.44. The summed E-state index contributed by atoms with van der Waals surface area (Å²) in [5.41, 5.74) is -0.525. The third kappa shape index (κ3) is 2.35. The van der Waals surface area contributed by atoms with E-state index in [1.54, 1.807) is 6.92 Å². The van der Waals surface area contributed by atoms with Crippen LogP contribution in [0.2, 0.25) is 0 Å². The van der Waals surface area contributed by atoms with Gasteiger partial charge >= 0.3 is 5.69 Å². The molecule has 2 rings (SSSR count). The van der Waals surface area contributed by atoms with Gasteiger partial charge in [-0.15, -0.1) is 6.58 Å². The maximum absolute atomic E-state index is 12.6. The first-order valence-corrected chi connectivity index (χ1v) is 6.80. The minimum absolute atomic E-state index is 0.00435. The van der Waals surface area contributed by atoms with Crippen LogP contribution in [0.1, 0.15) is 30.6 Å². The number of aromatic nitrogens is 2. The Hall–Kier alpha value is -2.03. The minimum Gasteiger partial charge on any atom is -0.388 e. The Morgan fingerprint density at radius 1 is 1.45 bits per heavy atom. The molecular weight excluding hydrogens is 290 g/mol. The number of rotatable bonds is 5. The Kier molecular flexibility index (Phi) is 4.45. The molecule has 8 heteroatoms. The van der Waals surface area contributed by atoms with Crippen LogP contribution in [0.3, 0.4) is 0 Å². The number of aliphatic hydroxyl groups is 2. The molecule has 0 aromatic carbocycles. The summed E-state index contributed by atoms with van der Waals surface area (Å²) in [5, 5.41) is 19.9. The van der Waals surface area contributed by atoms with E-state index in [4.69, 9.17) is 4.74 Å². The molecule has 120 valence electrons. The Morgan fingerprint density at radius 2 is 2.09 bits per heavy atom. The molecule has 4 atom stereocenters. The number of imidazole rings is 1. The molecule has 22 heavy (non-hydrogen) atoms. The van der Waals surface area contributed by atoms with Gasteiger partial charge in [-0.3, -0.25) is 9.36 Å². The molecule has 0 spiro atoms. The monoisotopic (exact) mass is 309 g/mol. The highest BCUT2D eigenvalue weighted by Crippen LogP contribution is 2.32. The molecule has 0 bridgehead atoms. The molecule has 1 aliphatic rings. The predicted octanol–water partition coefficient (Wildman–Crippen LogP) is 0.00960. The molecule has 0 aliphatic carbocycles. The molecule has 2 N–H and O–H groups in total. The van der Waals surface area contributed by atoms with E-state index in [0.29, 0.717) is 0 Å². The zero-order valence-electron chi connectivity index (χ0n) is 12.5. The average Bonchev–Trinajstić information content (AvgIpc) is 2.88. The first-order valence-electron chi connectivity index (χ1n) is 6.80. The third-order valence-electron chi connectivity index (χ3n) is 3.67. The van der Waals surface area contributed by atoms with Crippen molar-refractivity contribution in [1.82, 2.24) is 9.13 Å². The van der Waals surface area contributed by atoms with Crippen molar-refractivity contribution in [1.29, 1.82) is 0 Å². The van der Waals surface area contributed by atoms with Crippen molar-refractivity contribution in [2.45, 2.75) is 44.9 Å². The van der Waals surface area contributed by atoms with Gasteiger partial charge in [0.2, 0.25) is 0 Å². The summed E-state index contributed by atoms with van der Waals surface area (Å²) in [5.74, 6) is -0.370. The predicted molar refractivity (Wildman–Crippen MR) is 79.7 cm³/mol. The summed E-state index contributed by atoms with van der Waals surface area (Å²) >= 11 is 0. The first-order chi connectivity index (χ1) is 10.3. The highest BCUT2D eigenvalue weighted by atomic mass is 16.6. The summed E-state index contributed by atoms with van der Waals surface area (Å²) in [6.45, 7) is 9.91. The van der Waals surface area contributed by atoms with E-state index in [2.05, 4.69) is 18.3 Å². The van der Waals surface area contributed by atoms with Crippen molar-refractivity contribution < 1.29 is 19.7 Å². The lowest BCUT2D eigenvalue weighted by atomic mass is 10.1. The molecule has 1 aromatic rings. The summed E-state index contributed by atoms with van der Waals surface area (Å²) < 4.78 is 7.68. The number of aliphatic hydroxyl groups excluding tert-OH is 2. The van der Waals surface area contributed by atoms with Crippen LogP contribution in [0.5, 0.6) is 0 Å². The Balaban J connectivity index is 2.69. The molecule has 1 aliphatic heterocycles. The first kappa shape index (κ1) is 16.3. The molecule has 1 saturated heterocycles. The van der Waals surface area contributed by atoms with Gasteiger partial charge in [0.25, 0.3) is 0 Å². The highest BCUT2D eigenvalue weighted by molar-refractivity contribution is 5.97. The van der Waals surface area contributed by atoms with Crippen LogP contribution in [0.25, 0.3) is 0 Å². The molecule has 0 amide bonds. The normalized spacial score (nSPS) is 27.8. The Morgan fingerprint density at radius 3 is 2.50 bits per heavy atom. The number of allylic oxidation sites excluding steroid dienone is 1. The summed E-state index contributed by atoms with van der Waals surface area (Å²) in [4.78, 5) is 28.2. The van der Waals surface area contributed by atoms with Crippen molar-refractivity contribution in [2.24, 2.45) is 4.99 Å². The molecular formula is C14H19N3O5. The largest absolute Gasteiger partial charge is 0.388 e. The molecule has 0 unspecified atom stereocenters. The van der Waals surface area contributed by atoms with E-state index in [1.807, 2.05) is 0 Å². The Bertz CT molecular complexity index is 675. The van der Waals surface area contributed by atoms with E-state index in [-0.39, 0.29) is 23.8 Å². The number of carbonyl (C=O) groups is 1. The maximum atomic E-state index is 12.6. The smallest absolute Gasteiger partial charge is 0.332 e. The van der Waals surface area contributed by atoms with Crippen molar-refractivity contribution in [3.05, 3.63) is 28.8 Å². The van der Waals surface area contributed by atoms with Gasteiger partial charge in [-0.2, -0.15) is 0 Å². The van der Waals surface area contributed by atoms with Crippen molar-refractivity contribution in [3.63, 3.8) is 0 Å². The van der Waals surface area contributed by atoms with Crippen LogP contribution in [-0.2, 0) is 11.3 Å². The van der Waals surface area contributed by atoms with Gasteiger partial charge in [0.05, 0.1) is 6.10 Å². The lowest BCUT2D eigenvalue weighted by Crippen LogP contribution is -2.35. The molecule has 0 saturated carbocycles. The standard InChI is InChI=1S/C14H19N3O5/c1-5-6-16-9(7(2)18)12(15-4)17(14(16)21)13-11(20)10(19)8(3)22-13/h5,8,10-11,13,19-20H,1,4,6H2,2-3H3/t8-,10-,11-,13-/m1/s1. The number of hydrogen-bond acceptors (Lipinski definition) is 6. The number of carbonyl (C=O) groups excluding carboxylic acids is 1. The zero-order chi connectivity index (χ0) is 16.6. The zero-order valence-corrected chi connectivity index (χ0v) is 12.5.